The molecule has 0 spiro atoms. The Labute approximate surface area is 41.0 Å². The lowest BCUT2D eigenvalue weighted by Gasteiger charge is -1.73. The van der Waals surface area contributed by atoms with Gasteiger partial charge in [-0.15, -0.1) is 11.5 Å². The monoisotopic (exact) mass is 99.0 g/mol. The second-order valence-corrected chi connectivity index (χ2v) is 0.978. The molecule has 3 nitrogen and oxygen atoms in total. The molecule has 1 amide bonds. The van der Waals surface area contributed by atoms with Crippen LogP contribution in [0.4, 0.5) is 0 Å². The van der Waals surface area contributed by atoms with E-state index in [0.29, 0.717) is 0 Å². The van der Waals surface area contributed by atoms with Crippen LogP contribution in [0.15, 0.2) is 17.8 Å². The second-order valence-electron chi connectivity index (χ2n) is 0.978. The van der Waals surface area contributed by atoms with Crippen LogP contribution in [0.25, 0.3) is 0 Å². The van der Waals surface area contributed by atoms with Crippen LogP contribution >= 0.6 is 0 Å². The van der Waals surface area contributed by atoms with E-state index in [1.165, 1.54) is 6.08 Å². The summed E-state index contributed by atoms with van der Waals surface area (Å²) >= 11 is 0. The van der Waals surface area contributed by atoms with Crippen molar-refractivity contribution in [3.05, 3.63) is 17.6 Å². The van der Waals surface area contributed by atoms with Crippen molar-refractivity contribution in [1.82, 2.24) is 0 Å². The first-order valence-corrected chi connectivity index (χ1v) is 1.78. The van der Waals surface area contributed by atoms with E-state index < -0.39 is 5.91 Å². The molecule has 0 unspecified atom stereocenters. The van der Waals surface area contributed by atoms with Crippen LogP contribution in [0.2, 0.25) is 0 Å². The minimum atomic E-state index is -0.671. The molecule has 3 heteroatoms. The topological polar surface area (TPSA) is 46.5 Å². The predicted octanol–water partition coefficient (Wildman–Crippen LogP) is 0.855. The van der Waals surface area contributed by atoms with E-state index >= 15 is 0 Å². The lowest BCUT2D eigenvalue weighted by molar-refractivity contribution is -0.117. The van der Waals surface area contributed by atoms with Crippen LogP contribution in [-0.4, -0.2) is 5.91 Å². The zero-order valence-corrected chi connectivity index (χ0v) is 3.76. The number of carbonyl (C=O) groups is 1. The Kier molecular flexibility index (Phi) is 2.76. The third kappa shape index (κ3) is 2.82. The third-order valence-electron chi connectivity index (χ3n) is 0.421. The molecule has 0 aromatic carbocycles. The Balaban J connectivity index is 3.36. The van der Waals surface area contributed by atoms with E-state index in [1.807, 2.05) is 0 Å². The molecule has 0 heterocycles. The van der Waals surface area contributed by atoms with Crippen molar-refractivity contribution in [3.63, 3.8) is 0 Å². The summed E-state index contributed by atoms with van der Waals surface area (Å²) in [6.45, 7) is 3.23. The number of nitroso groups, excluding NO2 is 1. The number of rotatable bonds is 2. The first kappa shape index (κ1) is 6.01. The molecular formula is C4H5NO2. The van der Waals surface area contributed by atoms with Gasteiger partial charge in [0, 0.05) is 5.18 Å². The standard InChI is InChI=1S/C4H5NO2/c1-2-3-4(6)5-7/h2H,1,3H2. The molecule has 0 saturated heterocycles. The number of nitrogens with zero attached hydrogens (tertiary/aromatic N) is 1. The van der Waals surface area contributed by atoms with Crippen LogP contribution in [-0.2, 0) is 4.79 Å². The lowest BCUT2D eigenvalue weighted by Crippen LogP contribution is -1.84. The van der Waals surface area contributed by atoms with Crippen LogP contribution in [0.5, 0.6) is 0 Å². The molecular weight excluding hydrogens is 94.0 g/mol. The molecule has 0 aliphatic carbocycles. The predicted molar refractivity (Wildman–Crippen MR) is 25.6 cm³/mol. The number of hydrogen-bond donors (Lipinski definition) is 0. The second kappa shape index (κ2) is 3.21. The van der Waals surface area contributed by atoms with Crippen LogP contribution in [0, 0.1) is 4.91 Å². The van der Waals surface area contributed by atoms with E-state index in [9.17, 15) is 9.70 Å². The Hall–Kier alpha value is -0.990. The van der Waals surface area contributed by atoms with Crippen LogP contribution < -0.4 is 0 Å². The molecule has 0 aliphatic rings. The lowest BCUT2D eigenvalue weighted by atomic mass is 10.4. The maximum Gasteiger partial charge on any atom is 0.290 e. The normalized spacial score (nSPS) is 7.43. The van der Waals surface area contributed by atoms with Gasteiger partial charge in [0.2, 0.25) is 0 Å². The SMILES string of the molecule is C=CCC(=O)N=O. The molecule has 0 aromatic rings. The van der Waals surface area contributed by atoms with Crippen molar-refractivity contribution in [2.75, 3.05) is 0 Å². The van der Waals surface area contributed by atoms with Crippen molar-refractivity contribution in [1.29, 1.82) is 0 Å². The van der Waals surface area contributed by atoms with Gasteiger partial charge in [0.15, 0.2) is 0 Å². The zero-order chi connectivity index (χ0) is 5.70. The Morgan fingerprint density at radius 2 is 2.43 bits per heavy atom. The Morgan fingerprint density at radius 3 is 2.57 bits per heavy atom. The van der Waals surface area contributed by atoms with Gasteiger partial charge in [-0.25, -0.2) is 0 Å². The van der Waals surface area contributed by atoms with Gasteiger partial charge in [0.25, 0.3) is 5.91 Å². The van der Waals surface area contributed by atoms with Gasteiger partial charge in [-0.05, 0) is 0 Å². The van der Waals surface area contributed by atoms with Gasteiger partial charge in [-0.1, -0.05) is 6.08 Å². The van der Waals surface area contributed by atoms with E-state index in [-0.39, 0.29) is 6.42 Å². The zero-order valence-electron chi connectivity index (χ0n) is 3.76. The average Bonchev–Trinajstić information content (AvgIpc) is 1.68. The highest BCUT2D eigenvalue weighted by molar-refractivity contribution is 5.77. The summed E-state index contributed by atoms with van der Waals surface area (Å²) in [5, 5.41) is 2.12. The molecule has 7 heavy (non-hydrogen) atoms. The minimum Gasteiger partial charge on any atom is -0.269 e. The molecule has 0 aliphatic heterocycles. The minimum absolute atomic E-state index is 0.0451. The van der Waals surface area contributed by atoms with E-state index in [0.717, 1.165) is 0 Å². The maximum atomic E-state index is 9.86. The number of carbonyl (C=O) groups excluding carboxylic acids is 1. The first-order chi connectivity index (χ1) is 3.31. The van der Waals surface area contributed by atoms with Gasteiger partial charge in [-0.3, -0.25) is 4.79 Å². The quantitative estimate of drug-likeness (QED) is 0.380. The molecule has 0 aromatic heterocycles. The fourth-order valence-electron chi connectivity index (χ4n) is 0.161. The van der Waals surface area contributed by atoms with Gasteiger partial charge < -0.3 is 0 Å². The highest BCUT2D eigenvalue weighted by Crippen LogP contribution is 1.81. The molecule has 0 fully saturated rings. The summed E-state index contributed by atoms with van der Waals surface area (Å²) in [5.74, 6) is -0.671. The van der Waals surface area contributed by atoms with Crippen LogP contribution in [0.1, 0.15) is 6.42 Å². The number of hydrogen-bond acceptors (Lipinski definition) is 2. The highest BCUT2D eigenvalue weighted by Gasteiger charge is 1.91. The van der Waals surface area contributed by atoms with Crippen molar-refractivity contribution >= 4 is 5.91 Å². The third-order valence-corrected chi connectivity index (χ3v) is 0.421. The Morgan fingerprint density at radius 1 is 1.86 bits per heavy atom. The summed E-state index contributed by atoms with van der Waals surface area (Å²) < 4.78 is 0. The van der Waals surface area contributed by atoms with E-state index in [4.69, 9.17) is 0 Å². The fourth-order valence-corrected chi connectivity index (χ4v) is 0.161. The van der Waals surface area contributed by atoms with Crippen LogP contribution in [0.3, 0.4) is 0 Å². The van der Waals surface area contributed by atoms with Gasteiger partial charge >= 0.3 is 0 Å². The molecule has 0 atom stereocenters. The summed E-state index contributed by atoms with van der Waals surface area (Å²) in [6.07, 6.45) is 1.38. The molecule has 0 radical (unpaired) electrons. The van der Waals surface area contributed by atoms with Crippen molar-refractivity contribution < 1.29 is 4.79 Å². The van der Waals surface area contributed by atoms with Crippen molar-refractivity contribution in [2.45, 2.75) is 6.42 Å². The van der Waals surface area contributed by atoms with Gasteiger partial charge in [-0.2, -0.15) is 0 Å². The average molecular weight is 99.1 g/mol. The molecule has 38 valence electrons. The highest BCUT2D eigenvalue weighted by atomic mass is 16.3. The maximum absolute atomic E-state index is 9.86. The summed E-state index contributed by atoms with van der Waals surface area (Å²) in [5.41, 5.74) is 0. The molecule has 0 saturated carbocycles. The largest absolute Gasteiger partial charge is 0.290 e. The first-order valence-electron chi connectivity index (χ1n) is 1.78. The summed E-state index contributed by atoms with van der Waals surface area (Å²) in [7, 11) is 0. The summed E-state index contributed by atoms with van der Waals surface area (Å²) in [4.78, 5) is 19.1. The van der Waals surface area contributed by atoms with Gasteiger partial charge in [0.05, 0.1) is 6.42 Å². The Bertz CT molecular complexity index is 97.9. The molecule has 0 N–H and O–H groups in total. The van der Waals surface area contributed by atoms with Crippen molar-refractivity contribution in [2.24, 2.45) is 5.18 Å². The molecule has 0 bridgehead atoms. The van der Waals surface area contributed by atoms with E-state index in [1.54, 1.807) is 0 Å². The van der Waals surface area contributed by atoms with Gasteiger partial charge in [0.1, 0.15) is 0 Å². The summed E-state index contributed by atoms with van der Waals surface area (Å²) in [6, 6.07) is 0. The number of amides is 1. The smallest absolute Gasteiger partial charge is 0.269 e. The van der Waals surface area contributed by atoms with Crippen molar-refractivity contribution in [3.8, 4) is 0 Å². The molecule has 0 rings (SSSR count). The van der Waals surface area contributed by atoms with E-state index in [2.05, 4.69) is 11.8 Å². The fraction of sp³-hybridized carbons (Fsp3) is 0.250.